The van der Waals surface area contributed by atoms with Crippen molar-refractivity contribution in [2.24, 2.45) is 5.14 Å². The van der Waals surface area contributed by atoms with Gasteiger partial charge < -0.3 is 9.15 Å². The monoisotopic (exact) mass is 400 g/mol. The van der Waals surface area contributed by atoms with E-state index in [4.69, 9.17) is 14.3 Å². The predicted molar refractivity (Wildman–Crippen MR) is 103 cm³/mol. The highest BCUT2D eigenvalue weighted by Crippen LogP contribution is 2.28. The molecule has 146 valence electrons. The first-order valence-electron chi connectivity index (χ1n) is 8.58. The molecule has 1 atom stereocenters. The van der Waals surface area contributed by atoms with E-state index in [1.165, 1.54) is 31.7 Å². The predicted octanol–water partition coefficient (Wildman–Crippen LogP) is 2.88. The third-order valence-corrected chi connectivity index (χ3v) is 5.38. The number of ether oxygens (including phenoxy) is 1. The molecule has 0 saturated carbocycles. The molecule has 7 nitrogen and oxygen atoms in total. The number of hydrogen-bond acceptors (Lipinski definition) is 6. The maximum Gasteiger partial charge on any atom is 0.318 e. The number of aromatic nitrogens is 1. The fourth-order valence-electron chi connectivity index (χ4n) is 3.03. The number of carbonyl (C=O) groups is 1. The van der Waals surface area contributed by atoms with Crippen LogP contribution in [-0.4, -0.2) is 26.5 Å². The number of nitrogens with two attached hydrogens (primary N) is 1. The van der Waals surface area contributed by atoms with Crippen molar-refractivity contribution in [2.45, 2.75) is 23.7 Å². The first-order chi connectivity index (χ1) is 13.4. The Labute approximate surface area is 163 Å². The van der Waals surface area contributed by atoms with Crippen molar-refractivity contribution in [1.82, 2.24) is 4.98 Å². The molecule has 28 heavy (non-hydrogen) atoms. The zero-order valence-corrected chi connectivity index (χ0v) is 16.1. The van der Waals surface area contributed by atoms with Gasteiger partial charge in [-0.05, 0) is 41.7 Å². The van der Waals surface area contributed by atoms with E-state index >= 15 is 0 Å². The summed E-state index contributed by atoms with van der Waals surface area (Å²) in [5.74, 6) is -0.683. The number of aryl methyl sites for hydroxylation is 1. The van der Waals surface area contributed by atoms with Crippen LogP contribution < -0.4 is 5.14 Å². The van der Waals surface area contributed by atoms with Crippen molar-refractivity contribution in [3.8, 4) is 11.1 Å². The van der Waals surface area contributed by atoms with Gasteiger partial charge in [-0.25, -0.2) is 18.5 Å². The van der Waals surface area contributed by atoms with Crippen molar-refractivity contribution in [2.75, 3.05) is 7.11 Å². The summed E-state index contributed by atoms with van der Waals surface area (Å²) >= 11 is 0. The molecule has 0 bridgehead atoms. The van der Waals surface area contributed by atoms with Crippen LogP contribution in [0.1, 0.15) is 23.8 Å². The molecule has 0 spiro atoms. The quantitative estimate of drug-likeness (QED) is 0.610. The Morgan fingerprint density at radius 2 is 1.89 bits per heavy atom. The molecule has 3 rings (SSSR count). The normalized spacial score (nSPS) is 12.5. The van der Waals surface area contributed by atoms with Crippen molar-refractivity contribution in [3.05, 3.63) is 72.4 Å². The molecule has 3 aromatic rings. The number of oxazole rings is 1. The third-order valence-electron chi connectivity index (χ3n) is 4.45. The molecule has 0 aliphatic heterocycles. The molecule has 2 aromatic carbocycles. The largest absolute Gasteiger partial charge is 0.468 e. The van der Waals surface area contributed by atoms with Gasteiger partial charge in [0.2, 0.25) is 15.9 Å². The number of nitrogens with zero attached hydrogens (tertiary/aromatic N) is 1. The fourth-order valence-corrected chi connectivity index (χ4v) is 3.55. The second kappa shape index (κ2) is 8.37. The summed E-state index contributed by atoms with van der Waals surface area (Å²) in [6.07, 6.45) is 3.95. The highest BCUT2D eigenvalue weighted by atomic mass is 32.2. The summed E-state index contributed by atoms with van der Waals surface area (Å²) in [4.78, 5) is 16.3. The van der Waals surface area contributed by atoms with Crippen LogP contribution >= 0.6 is 0 Å². The number of methoxy groups -OCH3 is 1. The Kier molecular flexibility index (Phi) is 5.91. The number of benzene rings is 2. The molecule has 0 aliphatic rings. The molecule has 8 heteroatoms. The van der Waals surface area contributed by atoms with Crippen LogP contribution in [0, 0.1) is 0 Å². The minimum absolute atomic E-state index is 0.0587. The first-order valence-corrected chi connectivity index (χ1v) is 10.1. The second-order valence-corrected chi connectivity index (χ2v) is 7.77. The molecule has 0 radical (unpaired) electrons. The highest BCUT2D eigenvalue weighted by molar-refractivity contribution is 7.89. The van der Waals surface area contributed by atoms with Gasteiger partial charge in [0.25, 0.3) is 0 Å². The lowest BCUT2D eigenvalue weighted by Gasteiger charge is -2.14. The molecule has 2 N–H and O–H groups in total. The average Bonchev–Trinajstić information content (AvgIpc) is 3.22. The van der Waals surface area contributed by atoms with Crippen LogP contribution in [0.15, 0.2) is 70.3 Å². The number of rotatable bonds is 7. The van der Waals surface area contributed by atoms with Gasteiger partial charge in [0, 0.05) is 0 Å². The average molecular weight is 400 g/mol. The van der Waals surface area contributed by atoms with E-state index in [-0.39, 0.29) is 4.90 Å². The molecular weight excluding hydrogens is 380 g/mol. The van der Waals surface area contributed by atoms with Crippen LogP contribution in [0.2, 0.25) is 0 Å². The van der Waals surface area contributed by atoms with Crippen molar-refractivity contribution in [3.63, 3.8) is 0 Å². The maximum absolute atomic E-state index is 12.1. The Bertz CT molecular complexity index is 1040. The molecule has 0 aliphatic carbocycles. The second-order valence-electron chi connectivity index (χ2n) is 6.21. The Morgan fingerprint density at radius 1 is 1.18 bits per heavy atom. The fraction of sp³-hybridized carbons (Fsp3) is 0.200. The lowest BCUT2D eigenvalue weighted by Crippen LogP contribution is -2.15. The van der Waals surface area contributed by atoms with Crippen LogP contribution in [0.25, 0.3) is 11.1 Å². The summed E-state index contributed by atoms with van der Waals surface area (Å²) in [5.41, 5.74) is 2.81. The van der Waals surface area contributed by atoms with E-state index in [1.807, 2.05) is 24.3 Å². The molecule has 1 unspecified atom stereocenters. The van der Waals surface area contributed by atoms with Crippen molar-refractivity contribution < 1.29 is 22.4 Å². The molecule has 0 amide bonds. The Balaban J connectivity index is 1.85. The number of sulfonamides is 1. The van der Waals surface area contributed by atoms with Gasteiger partial charge in [-0.2, -0.15) is 0 Å². The highest BCUT2D eigenvalue weighted by Gasteiger charge is 2.25. The van der Waals surface area contributed by atoms with Crippen LogP contribution in [0.4, 0.5) is 0 Å². The van der Waals surface area contributed by atoms with Gasteiger partial charge in [-0.1, -0.05) is 36.4 Å². The SMILES string of the molecule is COC(=O)C(CCc1ccccc1-c1ccc(S(N)(=O)=O)cc1)c1ncco1. The lowest BCUT2D eigenvalue weighted by molar-refractivity contribution is -0.143. The van der Waals surface area contributed by atoms with Crippen molar-refractivity contribution in [1.29, 1.82) is 0 Å². The summed E-state index contributed by atoms with van der Waals surface area (Å²) in [6, 6.07) is 14.1. The molecule has 0 fully saturated rings. The van der Waals surface area contributed by atoms with Gasteiger partial charge >= 0.3 is 5.97 Å². The molecule has 1 heterocycles. The molecule has 1 aromatic heterocycles. The molecule has 0 saturated heterocycles. The van der Waals surface area contributed by atoms with E-state index in [9.17, 15) is 13.2 Å². The first kappa shape index (κ1) is 19.8. The minimum Gasteiger partial charge on any atom is -0.468 e. The van der Waals surface area contributed by atoms with Gasteiger partial charge in [0.1, 0.15) is 12.2 Å². The molecular formula is C20H20N2O5S. The Hall–Kier alpha value is -2.97. The van der Waals surface area contributed by atoms with Crippen LogP contribution in [0.5, 0.6) is 0 Å². The standard InChI is InChI=1S/C20H20N2O5S/c1-26-20(23)18(19-22-12-13-27-19)11-8-14-4-2-3-5-17(14)15-6-9-16(10-7-15)28(21,24)25/h2-7,9-10,12-13,18H,8,11H2,1H3,(H2,21,24,25). The van der Waals surface area contributed by atoms with E-state index in [0.29, 0.717) is 18.7 Å². The van der Waals surface area contributed by atoms with Gasteiger partial charge in [0.05, 0.1) is 18.2 Å². The summed E-state index contributed by atoms with van der Waals surface area (Å²) < 4.78 is 33.1. The van der Waals surface area contributed by atoms with Gasteiger partial charge in [-0.3, -0.25) is 4.79 Å². The minimum atomic E-state index is -3.74. The number of primary sulfonamides is 1. The summed E-state index contributed by atoms with van der Waals surface area (Å²) in [5, 5.41) is 5.16. The van der Waals surface area contributed by atoms with E-state index in [1.54, 1.807) is 12.1 Å². The lowest BCUT2D eigenvalue weighted by atomic mass is 9.93. The smallest absolute Gasteiger partial charge is 0.318 e. The van der Waals surface area contributed by atoms with Crippen LogP contribution in [0.3, 0.4) is 0 Å². The summed E-state index contributed by atoms with van der Waals surface area (Å²) in [7, 11) is -2.41. The zero-order valence-electron chi connectivity index (χ0n) is 15.2. The number of hydrogen-bond donors (Lipinski definition) is 1. The van der Waals surface area contributed by atoms with E-state index < -0.39 is 21.9 Å². The number of esters is 1. The summed E-state index contributed by atoms with van der Waals surface area (Å²) in [6.45, 7) is 0. The number of carbonyl (C=O) groups excluding carboxylic acids is 1. The van der Waals surface area contributed by atoms with Gasteiger partial charge in [-0.15, -0.1) is 0 Å². The van der Waals surface area contributed by atoms with E-state index in [2.05, 4.69) is 4.98 Å². The zero-order chi connectivity index (χ0) is 20.1. The maximum atomic E-state index is 12.1. The van der Waals surface area contributed by atoms with Gasteiger partial charge in [0.15, 0.2) is 0 Å². The van der Waals surface area contributed by atoms with E-state index in [0.717, 1.165) is 16.7 Å². The van der Waals surface area contributed by atoms with Crippen LogP contribution in [-0.2, 0) is 26.0 Å². The Morgan fingerprint density at radius 3 is 2.50 bits per heavy atom. The van der Waals surface area contributed by atoms with Crippen molar-refractivity contribution >= 4 is 16.0 Å². The topological polar surface area (TPSA) is 112 Å². The third kappa shape index (κ3) is 4.47.